The van der Waals surface area contributed by atoms with Crippen LogP contribution in [-0.2, 0) is 6.42 Å². The van der Waals surface area contributed by atoms with E-state index in [1.54, 1.807) is 0 Å². The Morgan fingerprint density at radius 1 is 1.00 bits per heavy atom. The predicted molar refractivity (Wildman–Crippen MR) is 80.5 cm³/mol. The molecule has 4 heteroatoms. The Labute approximate surface area is 118 Å². The lowest BCUT2D eigenvalue weighted by Gasteiger charge is -2.19. The summed E-state index contributed by atoms with van der Waals surface area (Å²) in [6.07, 6.45) is 0.908. The largest absolute Gasteiger partial charge is 0.486 e. The third-order valence-corrected chi connectivity index (χ3v) is 3.30. The Balaban J connectivity index is 1.60. The van der Waals surface area contributed by atoms with Crippen molar-refractivity contribution in [3.05, 3.63) is 48.0 Å². The molecule has 3 N–H and O–H groups in total. The molecule has 0 fully saturated rings. The van der Waals surface area contributed by atoms with Crippen molar-refractivity contribution in [2.75, 3.05) is 30.8 Å². The van der Waals surface area contributed by atoms with Gasteiger partial charge in [-0.1, -0.05) is 18.2 Å². The fraction of sp³-hybridized carbons (Fsp3) is 0.250. The molecule has 0 radical (unpaired) electrons. The molecule has 0 spiro atoms. The van der Waals surface area contributed by atoms with Crippen molar-refractivity contribution in [2.24, 2.45) is 0 Å². The topological polar surface area (TPSA) is 56.5 Å². The zero-order chi connectivity index (χ0) is 13.8. The number of hydrogen-bond acceptors (Lipinski definition) is 4. The summed E-state index contributed by atoms with van der Waals surface area (Å²) >= 11 is 0. The SMILES string of the molecule is Nc1ccccc1NCCc1ccc2c(c1)OCCO2. The van der Waals surface area contributed by atoms with Crippen molar-refractivity contribution < 1.29 is 9.47 Å². The molecular formula is C16H18N2O2. The average molecular weight is 270 g/mol. The van der Waals surface area contributed by atoms with E-state index in [0.717, 1.165) is 35.8 Å². The number of ether oxygens (including phenoxy) is 2. The molecule has 1 heterocycles. The molecule has 1 aliphatic heterocycles. The Morgan fingerprint density at radius 2 is 1.80 bits per heavy atom. The second-order valence-corrected chi connectivity index (χ2v) is 4.74. The molecular weight excluding hydrogens is 252 g/mol. The minimum absolute atomic E-state index is 0.620. The van der Waals surface area contributed by atoms with Crippen LogP contribution < -0.4 is 20.5 Å². The maximum atomic E-state index is 5.89. The highest BCUT2D eigenvalue weighted by Crippen LogP contribution is 2.30. The molecule has 0 saturated heterocycles. The number of anilines is 2. The van der Waals surface area contributed by atoms with Crippen LogP contribution in [0.4, 0.5) is 11.4 Å². The second-order valence-electron chi connectivity index (χ2n) is 4.74. The fourth-order valence-electron chi connectivity index (χ4n) is 2.24. The first kappa shape index (κ1) is 12.7. The van der Waals surface area contributed by atoms with Gasteiger partial charge in [0.15, 0.2) is 11.5 Å². The number of fused-ring (bicyclic) bond motifs is 1. The molecule has 0 unspecified atom stereocenters. The number of rotatable bonds is 4. The minimum Gasteiger partial charge on any atom is -0.486 e. The van der Waals surface area contributed by atoms with Crippen LogP contribution in [0.2, 0.25) is 0 Å². The van der Waals surface area contributed by atoms with E-state index in [1.165, 1.54) is 5.56 Å². The van der Waals surface area contributed by atoms with Gasteiger partial charge in [-0.15, -0.1) is 0 Å². The van der Waals surface area contributed by atoms with E-state index < -0.39 is 0 Å². The number of para-hydroxylation sites is 2. The number of nitrogen functional groups attached to an aromatic ring is 1. The molecule has 4 nitrogen and oxygen atoms in total. The second kappa shape index (κ2) is 5.74. The summed E-state index contributed by atoms with van der Waals surface area (Å²) in [7, 11) is 0. The highest BCUT2D eigenvalue weighted by Gasteiger charge is 2.11. The van der Waals surface area contributed by atoms with Crippen molar-refractivity contribution in [1.82, 2.24) is 0 Å². The zero-order valence-electron chi connectivity index (χ0n) is 11.3. The van der Waals surface area contributed by atoms with Gasteiger partial charge < -0.3 is 20.5 Å². The van der Waals surface area contributed by atoms with E-state index in [1.807, 2.05) is 36.4 Å². The van der Waals surface area contributed by atoms with E-state index in [9.17, 15) is 0 Å². The van der Waals surface area contributed by atoms with Crippen LogP contribution >= 0.6 is 0 Å². The summed E-state index contributed by atoms with van der Waals surface area (Å²) in [5.74, 6) is 1.67. The van der Waals surface area contributed by atoms with Crippen molar-refractivity contribution >= 4 is 11.4 Å². The van der Waals surface area contributed by atoms with Crippen molar-refractivity contribution in [2.45, 2.75) is 6.42 Å². The van der Waals surface area contributed by atoms with Crippen LogP contribution in [0.5, 0.6) is 11.5 Å². The Kier molecular flexibility index (Phi) is 3.63. The van der Waals surface area contributed by atoms with Crippen molar-refractivity contribution in [3.63, 3.8) is 0 Å². The summed E-state index contributed by atoms with van der Waals surface area (Å²) in [5, 5.41) is 3.34. The lowest BCUT2D eigenvalue weighted by molar-refractivity contribution is 0.171. The van der Waals surface area contributed by atoms with Gasteiger partial charge in [0.25, 0.3) is 0 Å². The van der Waals surface area contributed by atoms with Gasteiger partial charge in [-0.3, -0.25) is 0 Å². The Hall–Kier alpha value is -2.36. The zero-order valence-corrected chi connectivity index (χ0v) is 11.3. The summed E-state index contributed by atoms with van der Waals surface area (Å²) in [4.78, 5) is 0. The molecule has 0 atom stereocenters. The predicted octanol–water partition coefficient (Wildman–Crippen LogP) is 2.69. The van der Waals surface area contributed by atoms with Gasteiger partial charge in [0.2, 0.25) is 0 Å². The highest BCUT2D eigenvalue weighted by atomic mass is 16.6. The molecule has 0 aliphatic carbocycles. The number of nitrogens with one attached hydrogen (secondary N) is 1. The fourth-order valence-corrected chi connectivity index (χ4v) is 2.24. The molecule has 0 saturated carbocycles. The van der Waals surface area contributed by atoms with E-state index in [0.29, 0.717) is 13.2 Å². The van der Waals surface area contributed by atoms with Crippen LogP contribution in [0.1, 0.15) is 5.56 Å². The quantitative estimate of drug-likeness (QED) is 0.839. The van der Waals surface area contributed by atoms with E-state index in [2.05, 4.69) is 11.4 Å². The number of hydrogen-bond donors (Lipinski definition) is 2. The molecule has 104 valence electrons. The molecule has 2 aromatic rings. The smallest absolute Gasteiger partial charge is 0.161 e. The lowest BCUT2D eigenvalue weighted by atomic mass is 10.1. The first-order chi connectivity index (χ1) is 9.83. The van der Waals surface area contributed by atoms with Gasteiger partial charge in [-0.25, -0.2) is 0 Å². The normalized spacial score (nSPS) is 13.0. The maximum Gasteiger partial charge on any atom is 0.161 e. The third-order valence-electron chi connectivity index (χ3n) is 3.30. The molecule has 3 rings (SSSR count). The molecule has 0 bridgehead atoms. The van der Waals surface area contributed by atoms with Crippen LogP contribution in [0.25, 0.3) is 0 Å². The first-order valence-corrected chi connectivity index (χ1v) is 6.80. The molecule has 20 heavy (non-hydrogen) atoms. The summed E-state index contributed by atoms with van der Waals surface area (Å²) in [6.45, 7) is 2.07. The monoisotopic (exact) mass is 270 g/mol. The average Bonchev–Trinajstić information content (AvgIpc) is 2.49. The molecule has 2 aromatic carbocycles. The van der Waals surface area contributed by atoms with Crippen LogP contribution in [0.3, 0.4) is 0 Å². The molecule has 1 aliphatic rings. The van der Waals surface area contributed by atoms with Crippen LogP contribution in [0.15, 0.2) is 42.5 Å². The van der Waals surface area contributed by atoms with Gasteiger partial charge >= 0.3 is 0 Å². The first-order valence-electron chi connectivity index (χ1n) is 6.80. The summed E-state index contributed by atoms with van der Waals surface area (Å²) in [5.41, 5.74) is 8.86. The van der Waals surface area contributed by atoms with Gasteiger partial charge in [-0.2, -0.15) is 0 Å². The standard InChI is InChI=1S/C16H18N2O2/c17-13-3-1-2-4-14(13)18-8-7-12-5-6-15-16(11-12)20-10-9-19-15/h1-6,11,18H,7-10,17H2. The number of benzene rings is 2. The summed E-state index contributed by atoms with van der Waals surface area (Å²) in [6, 6.07) is 13.9. The van der Waals surface area contributed by atoms with Gasteiger partial charge in [0.1, 0.15) is 13.2 Å². The van der Waals surface area contributed by atoms with Crippen LogP contribution in [-0.4, -0.2) is 19.8 Å². The maximum absolute atomic E-state index is 5.89. The third kappa shape index (κ3) is 2.79. The van der Waals surface area contributed by atoms with Crippen molar-refractivity contribution in [3.8, 4) is 11.5 Å². The van der Waals surface area contributed by atoms with Gasteiger partial charge in [0.05, 0.1) is 11.4 Å². The lowest BCUT2D eigenvalue weighted by Crippen LogP contribution is -2.15. The highest BCUT2D eigenvalue weighted by molar-refractivity contribution is 5.65. The van der Waals surface area contributed by atoms with Gasteiger partial charge in [0, 0.05) is 6.54 Å². The minimum atomic E-state index is 0.620. The van der Waals surface area contributed by atoms with E-state index in [4.69, 9.17) is 15.2 Å². The van der Waals surface area contributed by atoms with Gasteiger partial charge in [-0.05, 0) is 36.2 Å². The Bertz CT molecular complexity index is 599. The molecule has 0 amide bonds. The summed E-state index contributed by atoms with van der Waals surface area (Å²) < 4.78 is 11.1. The molecule has 0 aromatic heterocycles. The van der Waals surface area contributed by atoms with Crippen molar-refractivity contribution in [1.29, 1.82) is 0 Å². The number of nitrogens with two attached hydrogens (primary N) is 1. The van der Waals surface area contributed by atoms with E-state index in [-0.39, 0.29) is 0 Å². The van der Waals surface area contributed by atoms with Crippen LogP contribution in [0, 0.1) is 0 Å². The Morgan fingerprint density at radius 3 is 2.65 bits per heavy atom. The van der Waals surface area contributed by atoms with E-state index >= 15 is 0 Å².